The molecule has 1 N–H and O–H groups in total. The van der Waals surface area contributed by atoms with Crippen LogP contribution in [0.3, 0.4) is 0 Å². The highest BCUT2D eigenvalue weighted by molar-refractivity contribution is 5.93. The van der Waals surface area contributed by atoms with E-state index in [4.69, 9.17) is 9.47 Å². The van der Waals surface area contributed by atoms with Crippen LogP contribution in [0.15, 0.2) is 42.5 Å². The second-order valence-electron chi connectivity index (χ2n) is 5.54. The Hall–Kier alpha value is -2.82. The van der Waals surface area contributed by atoms with Crippen molar-refractivity contribution in [3.8, 4) is 5.75 Å². The van der Waals surface area contributed by atoms with E-state index in [0.29, 0.717) is 17.9 Å². The molecule has 132 valence electrons. The van der Waals surface area contributed by atoms with Crippen LogP contribution in [-0.4, -0.2) is 25.1 Å². The van der Waals surface area contributed by atoms with Gasteiger partial charge in [0, 0.05) is 5.69 Å². The van der Waals surface area contributed by atoms with E-state index in [2.05, 4.69) is 5.32 Å². The van der Waals surface area contributed by atoms with Crippen LogP contribution < -0.4 is 10.1 Å². The van der Waals surface area contributed by atoms with Crippen molar-refractivity contribution in [3.05, 3.63) is 59.2 Å². The zero-order chi connectivity index (χ0) is 18.2. The molecule has 0 aliphatic rings. The third-order valence-electron chi connectivity index (χ3n) is 3.74. The Labute approximate surface area is 148 Å². The van der Waals surface area contributed by atoms with Gasteiger partial charge >= 0.3 is 5.97 Å². The number of carbonyl (C=O) groups excluding carboxylic acids is 2. The van der Waals surface area contributed by atoms with Gasteiger partial charge in [-0.2, -0.15) is 0 Å². The molecule has 0 atom stereocenters. The van der Waals surface area contributed by atoms with E-state index in [1.54, 1.807) is 31.2 Å². The fourth-order valence-electron chi connectivity index (χ4n) is 2.43. The molecule has 0 heterocycles. The molecule has 25 heavy (non-hydrogen) atoms. The summed E-state index contributed by atoms with van der Waals surface area (Å²) in [5, 5.41) is 2.91. The van der Waals surface area contributed by atoms with Gasteiger partial charge in [0.1, 0.15) is 5.75 Å². The predicted octanol–water partition coefficient (Wildman–Crippen LogP) is 3.75. The van der Waals surface area contributed by atoms with Crippen LogP contribution in [0.5, 0.6) is 5.75 Å². The highest BCUT2D eigenvalue weighted by atomic mass is 16.5. The highest BCUT2D eigenvalue weighted by Crippen LogP contribution is 2.21. The van der Waals surface area contributed by atoms with Gasteiger partial charge in [-0.15, -0.1) is 0 Å². The first-order valence-electron chi connectivity index (χ1n) is 8.33. The van der Waals surface area contributed by atoms with Gasteiger partial charge in [-0.05, 0) is 55.7 Å². The number of anilines is 1. The average molecular weight is 341 g/mol. The summed E-state index contributed by atoms with van der Waals surface area (Å²) in [6.45, 7) is 5.99. The largest absolute Gasteiger partial charge is 0.484 e. The lowest BCUT2D eigenvalue weighted by Gasteiger charge is -2.13. The molecule has 0 saturated heterocycles. The van der Waals surface area contributed by atoms with Crippen LogP contribution in [0.4, 0.5) is 5.69 Å². The van der Waals surface area contributed by atoms with Gasteiger partial charge in [0.05, 0.1) is 12.2 Å². The number of nitrogens with one attached hydrogen (secondary N) is 1. The Bertz CT molecular complexity index is 738. The number of carbonyl (C=O) groups is 2. The summed E-state index contributed by atoms with van der Waals surface area (Å²) in [6.07, 6.45) is 0.841. The minimum absolute atomic E-state index is 0.101. The number of benzene rings is 2. The van der Waals surface area contributed by atoms with Gasteiger partial charge < -0.3 is 14.8 Å². The number of amides is 1. The van der Waals surface area contributed by atoms with Gasteiger partial charge in [0.2, 0.25) is 0 Å². The molecule has 5 nitrogen and oxygen atoms in total. The van der Waals surface area contributed by atoms with Gasteiger partial charge in [-0.1, -0.05) is 25.1 Å². The van der Waals surface area contributed by atoms with Gasteiger partial charge in [-0.25, -0.2) is 4.79 Å². The first kappa shape index (κ1) is 18.5. The standard InChI is InChI=1S/C20H23NO4/c1-4-15-8-6-7-14(3)19(15)21-18(22)13-25-17-11-9-16(10-12-17)20(23)24-5-2/h6-12H,4-5,13H2,1-3H3,(H,21,22). The zero-order valence-corrected chi connectivity index (χ0v) is 14.8. The first-order valence-corrected chi connectivity index (χ1v) is 8.33. The summed E-state index contributed by atoms with van der Waals surface area (Å²) >= 11 is 0. The molecular formula is C20H23NO4. The Morgan fingerprint density at radius 3 is 2.40 bits per heavy atom. The quantitative estimate of drug-likeness (QED) is 0.779. The Balaban J connectivity index is 1.93. The number of esters is 1. The van der Waals surface area contributed by atoms with E-state index < -0.39 is 0 Å². The Kier molecular flexibility index (Phi) is 6.57. The zero-order valence-electron chi connectivity index (χ0n) is 14.8. The second-order valence-corrected chi connectivity index (χ2v) is 5.54. The summed E-state index contributed by atoms with van der Waals surface area (Å²) in [4.78, 5) is 23.7. The molecule has 0 fully saturated rings. The van der Waals surface area contributed by atoms with Crippen molar-refractivity contribution in [2.75, 3.05) is 18.5 Å². The van der Waals surface area contributed by atoms with Crippen LogP contribution in [-0.2, 0) is 16.0 Å². The molecule has 0 saturated carbocycles. The second kappa shape index (κ2) is 8.87. The molecular weight excluding hydrogens is 318 g/mol. The molecule has 2 aromatic carbocycles. The molecule has 0 unspecified atom stereocenters. The lowest BCUT2D eigenvalue weighted by Crippen LogP contribution is -2.21. The van der Waals surface area contributed by atoms with E-state index in [0.717, 1.165) is 23.2 Å². The summed E-state index contributed by atoms with van der Waals surface area (Å²) in [5.41, 5.74) is 3.40. The van der Waals surface area contributed by atoms with Gasteiger partial charge in [0.15, 0.2) is 6.61 Å². The summed E-state index contributed by atoms with van der Waals surface area (Å²) in [6, 6.07) is 12.5. The SMILES string of the molecule is CCOC(=O)c1ccc(OCC(=O)Nc2c(C)cccc2CC)cc1. The molecule has 0 spiro atoms. The molecule has 0 aliphatic heterocycles. The fourth-order valence-corrected chi connectivity index (χ4v) is 2.43. The Morgan fingerprint density at radius 2 is 1.76 bits per heavy atom. The number of rotatable bonds is 7. The van der Waals surface area contributed by atoms with Gasteiger partial charge in [-0.3, -0.25) is 4.79 Å². The number of hydrogen-bond acceptors (Lipinski definition) is 4. The lowest BCUT2D eigenvalue weighted by atomic mass is 10.1. The van der Waals surface area contributed by atoms with Crippen LogP contribution >= 0.6 is 0 Å². The van der Waals surface area contributed by atoms with Crippen molar-refractivity contribution >= 4 is 17.6 Å². The number of para-hydroxylation sites is 1. The van der Waals surface area contributed by atoms with Crippen LogP contribution in [0, 0.1) is 6.92 Å². The summed E-state index contributed by atoms with van der Waals surface area (Å²) in [7, 11) is 0. The van der Waals surface area contributed by atoms with Crippen molar-refractivity contribution in [1.29, 1.82) is 0 Å². The van der Waals surface area contributed by atoms with Crippen LogP contribution in [0.25, 0.3) is 0 Å². The molecule has 0 radical (unpaired) electrons. The molecule has 1 amide bonds. The third kappa shape index (κ3) is 5.08. The van der Waals surface area contributed by atoms with Crippen LogP contribution in [0.1, 0.15) is 35.3 Å². The van der Waals surface area contributed by atoms with Crippen molar-refractivity contribution in [1.82, 2.24) is 0 Å². The van der Waals surface area contributed by atoms with E-state index >= 15 is 0 Å². The van der Waals surface area contributed by atoms with Gasteiger partial charge in [0.25, 0.3) is 5.91 Å². The Morgan fingerprint density at radius 1 is 1.04 bits per heavy atom. The number of hydrogen-bond donors (Lipinski definition) is 1. The monoisotopic (exact) mass is 341 g/mol. The minimum atomic E-state index is -0.376. The van der Waals surface area contributed by atoms with Crippen molar-refractivity contribution in [3.63, 3.8) is 0 Å². The molecule has 2 rings (SSSR count). The molecule has 0 bridgehead atoms. The topological polar surface area (TPSA) is 64.6 Å². The number of ether oxygens (including phenoxy) is 2. The maximum atomic E-state index is 12.2. The van der Waals surface area contributed by atoms with Crippen molar-refractivity contribution < 1.29 is 19.1 Å². The van der Waals surface area contributed by atoms with E-state index in [1.807, 2.05) is 32.0 Å². The van der Waals surface area contributed by atoms with E-state index in [1.165, 1.54) is 0 Å². The van der Waals surface area contributed by atoms with Crippen LogP contribution in [0.2, 0.25) is 0 Å². The molecule has 0 aromatic heterocycles. The summed E-state index contributed by atoms with van der Waals surface area (Å²) < 4.78 is 10.4. The number of aryl methyl sites for hydroxylation is 2. The maximum Gasteiger partial charge on any atom is 0.338 e. The third-order valence-corrected chi connectivity index (χ3v) is 3.74. The normalized spacial score (nSPS) is 10.2. The fraction of sp³-hybridized carbons (Fsp3) is 0.300. The smallest absolute Gasteiger partial charge is 0.338 e. The average Bonchev–Trinajstić information content (AvgIpc) is 2.62. The highest BCUT2D eigenvalue weighted by Gasteiger charge is 2.10. The molecule has 0 aliphatic carbocycles. The van der Waals surface area contributed by atoms with E-state index in [9.17, 15) is 9.59 Å². The summed E-state index contributed by atoms with van der Waals surface area (Å²) in [5.74, 6) is -0.0828. The first-order chi connectivity index (χ1) is 12.0. The van der Waals surface area contributed by atoms with E-state index in [-0.39, 0.29) is 18.5 Å². The minimum Gasteiger partial charge on any atom is -0.484 e. The molecule has 5 heteroatoms. The predicted molar refractivity (Wildman–Crippen MR) is 97.1 cm³/mol. The molecule has 2 aromatic rings. The van der Waals surface area contributed by atoms with Crippen molar-refractivity contribution in [2.45, 2.75) is 27.2 Å². The van der Waals surface area contributed by atoms with Crippen molar-refractivity contribution in [2.24, 2.45) is 0 Å². The lowest BCUT2D eigenvalue weighted by molar-refractivity contribution is -0.118. The maximum absolute atomic E-state index is 12.2.